The number of rotatable bonds is 4. The third-order valence-corrected chi connectivity index (χ3v) is 7.91. The molecule has 4 rings (SSSR count). The molecule has 29 heavy (non-hydrogen) atoms. The van der Waals surface area contributed by atoms with Gasteiger partial charge in [-0.05, 0) is 25.3 Å². The number of morpholine rings is 1. The number of ether oxygens (including phenoxy) is 1. The Kier molecular flexibility index (Phi) is 5.76. The van der Waals surface area contributed by atoms with Crippen LogP contribution in [0.2, 0.25) is 0 Å². The molecule has 0 aliphatic carbocycles. The first-order chi connectivity index (χ1) is 13.8. The molecule has 2 unspecified atom stereocenters. The molecule has 0 aromatic carbocycles. The van der Waals surface area contributed by atoms with Gasteiger partial charge in [0.1, 0.15) is 0 Å². The van der Waals surface area contributed by atoms with Crippen molar-refractivity contribution >= 4 is 27.5 Å². The van der Waals surface area contributed by atoms with Crippen LogP contribution in [0, 0.1) is 0 Å². The summed E-state index contributed by atoms with van der Waals surface area (Å²) in [6, 6.07) is 5.43. The number of carbonyl (C=O) groups is 1. The van der Waals surface area contributed by atoms with Crippen molar-refractivity contribution in [1.29, 1.82) is 0 Å². The first-order valence-corrected chi connectivity index (χ1v) is 11.8. The second-order valence-corrected chi connectivity index (χ2v) is 10.2. The standard InChI is InChI=1S/C18H24N4O5S2/c1-13-11-22(12-14(2)26-13)29(24,25)21-7-5-20(6-8-21)18(23)15-10-16(27-19-15)17-4-3-9-28-17/h3-4,9-10,13-14H,5-8,11-12H2,1-2H3. The van der Waals surface area contributed by atoms with Gasteiger partial charge >= 0.3 is 0 Å². The molecule has 4 heterocycles. The predicted molar refractivity (Wildman–Crippen MR) is 108 cm³/mol. The highest BCUT2D eigenvalue weighted by Gasteiger charge is 2.37. The van der Waals surface area contributed by atoms with Crippen molar-refractivity contribution in [2.75, 3.05) is 39.3 Å². The lowest BCUT2D eigenvalue weighted by Gasteiger charge is -2.40. The van der Waals surface area contributed by atoms with Crippen LogP contribution in [0.3, 0.4) is 0 Å². The molecule has 0 saturated carbocycles. The minimum absolute atomic E-state index is 0.138. The van der Waals surface area contributed by atoms with Gasteiger partial charge in [0.05, 0.1) is 17.1 Å². The fourth-order valence-electron chi connectivity index (χ4n) is 3.68. The third kappa shape index (κ3) is 4.24. The second-order valence-electron chi connectivity index (χ2n) is 7.33. The summed E-state index contributed by atoms with van der Waals surface area (Å²) in [4.78, 5) is 15.3. The average Bonchev–Trinajstić information content (AvgIpc) is 3.38. The number of nitrogens with zero attached hydrogens (tertiary/aromatic N) is 4. The van der Waals surface area contributed by atoms with Crippen LogP contribution in [-0.2, 0) is 14.9 Å². The molecule has 1 amide bonds. The van der Waals surface area contributed by atoms with E-state index in [0.29, 0.717) is 31.9 Å². The van der Waals surface area contributed by atoms with E-state index in [4.69, 9.17) is 9.26 Å². The van der Waals surface area contributed by atoms with Crippen molar-refractivity contribution in [1.82, 2.24) is 18.7 Å². The van der Waals surface area contributed by atoms with Crippen LogP contribution in [0.4, 0.5) is 0 Å². The number of hydrogen-bond donors (Lipinski definition) is 0. The first kappa shape index (κ1) is 20.5. The molecule has 9 nitrogen and oxygen atoms in total. The summed E-state index contributed by atoms with van der Waals surface area (Å²) >= 11 is 1.51. The van der Waals surface area contributed by atoms with Crippen molar-refractivity contribution < 1.29 is 22.5 Å². The zero-order chi connectivity index (χ0) is 20.6. The summed E-state index contributed by atoms with van der Waals surface area (Å²) < 4.78 is 39.8. The Morgan fingerprint density at radius 2 is 1.83 bits per heavy atom. The van der Waals surface area contributed by atoms with Gasteiger partial charge in [0.25, 0.3) is 16.1 Å². The average molecular weight is 441 g/mol. The van der Waals surface area contributed by atoms with E-state index in [9.17, 15) is 13.2 Å². The van der Waals surface area contributed by atoms with Gasteiger partial charge in [0, 0.05) is 45.3 Å². The molecular weight excluding hydrogens is 416 g/mol. The van der Waals surface area contributed by atoms with Gasteiger partial charge in [0.2, 0.25) is 0 Å². The van der Waals surface area contributed by atoms with Gasteiger partial charge in [-0.3, -0.25) is 4.79 Å². The lowest BCUT2D eigenvalue weighted by molar-refractivity contribution is -0.0457. The Labute approximate surface area is 174 Å². The second kappa shape index (κ2) is 8.15. The van der Waals surface area contributed by atoms with Crippen LogP contribution in [0.1, 0.15) is 24.3 Å². The highest BCUT2D eigenvalue weighted by molar-refractivity contribution is 7.86. The Bertz CT molecular complexity index is 941. The number of carbonyl (C=O) groups excluding carboxylic acids is 1. The molecule has 2 aromatic rings. The fraction of sp³-hybridized carbons (Fsp3) is 0.556. The molecule has 2 aromatic heterocycles. The van der Waals surface area contributed by atoms with Gasteiger partial charge in [-0.2, -0.15) is 17.0 Å². The van der Waals surface area contributed by atoms with E-state index < -0.39 is 10.2 Å². The molecule has 2 saturated heterocycles. The van der Waals surface area contributed by atoms with E-state index >= 15 is 0 Å². The summed E-state index contributed by atoms with van der Waals surface area (Å²) in [6.45, 7) is 5.57. The van der Waals surface area contributed by atoms with Crippen LogP contribution in [0.15, 0.2) is 28.1 Å². The molecule has 158 valence electrons. The third-order valence-electron chi connectivity index (χ3n) is 5.06. The summed E-state index contributed by atoms with van der Waals surface area (Å²) in [6.07, 6.45) is -0.276. The number of aromatic nitrogens is 1. The molecule has 2 aliphatic heterocycles. The largest absolute Gasteiger partial charge is 0.373 e. The monoisotopic (exact) mass is 440 g/mol. The SMILES string of the molecule is CC1CN(S(=O)(=O)N2CCN(C(=O)c3cc(-c4cccs4)on3)CC2)CC(C)O1. The van der Waals surface area contributed by atoms with Crippen LogP contribution >= 0.6 is 11.3 Å². The molecule has 0 spiro atoms. The van der Waals surface area contributed by atoms with Gasteiger partial charge < -0.3 is 14.2 Å². The summed E-state index contributed by atoms with van der Waals surface area (Å²) in [5.41, 5.74) is 0.237. The predicted octanol–water partition coefficient (Wildman–Crippen LogP) is 1.51. The lowest BCUT2D eigenvalue weighted by atomic mass is 10.2. The smallest absolute Gasteiger partial charge is 0.282 e. The molecule has 2 aliphatic rings. The maximum atomic E-state index is 13.0. The zero-order valence-electron chi connectivity index (χ0n) is 16.4. The molecule has 0 radical (unpaired) electrons. The van der Waals surface area contributed by atoms with Crippen molar-refractivity contribution in [2.24, 2.45) is 0 Å². The highest BCUT2D eigenvalue weighted by atomic mass is 32.2. The Hall–Kier alpha value is -1.79. The van der Waals surface area contributed by atoms with Crippen molar-refractivity contribution in [3.05, 3.63) is 29.3 Å². The molecule has 2 fully saturated rings. The summed E-state index contributed by atoms with van der Waals surface area (Å²) in [7, 11) is -3.57. The zero-order valence-corrected chi connectivity index (χ0v) is 18.0. The van der Waals surface area contributed by atoms with Gasteiger partial charge in [-0.1, -0.05) is 11.2 Å². The van der Waals surface area contributed by atoms with Crippen LogP contribution in [0.25, 0.3) is 10.6 Å². The number of piperazine rings is 1. The molecule has 0 bridgehead atoms. The van der Waals surface area contributed by atoms with Crippen LogP contribution in [0.5, 0.6) is 0 Å². The quantitative estimate of drug-likeness (QED) is 0.715. The van der Waals surface area contributed by atoms with E-state index in [-0.39, 0.29) is 36.9 Å². The first-order valence-electron chi connectivity index (χ1n) is 9.55. The van der Waals surface area contributed by atoms with E-state index in [1.807, 2.05) is 31.4 Å². The lowest BCUT2D eigenvalue weighted by Crippen LogP contribution is -2.57. The minimum atomic E-state index is -3.57. The normalized spacial score (nSPS) is 24.7. The molecular formula is C18H24N4O5S2. The van der Waals surface area contributed by atoms with Gasteiger partial charge in [-0.15, -0.1) is 11.3 Å². The van der Waals surface area contributed by atoms with Crippen LogP contribution in [-0.4, -0.2) is 84.5 Å². The maximum Gasteiger partial charge on any atom is 0.282 e. The summed E-state index contributed by atoms with van der Waals surface area (Å²) in [5.74, 6) is 0.308. The van der Waals surface area contributed by atoms with E-state index in [1.54, 1.807) is 11.0 Å². The maximum absolute atomic E-state index is 13.0. The Balaban J connectivity index is 1.38. The number of hydrogen-bond acceptors (Lipinski definition) is 7. The van der Waals surface area contributed by atoms with Crippen molar-refractivity contribution in [3.8, 4) is 10.6 Å². The van der Waals surface area contributed by atoms with Crippen LogP contribution < -0.4 is 0 Å². The number of amides is 1. The minimum Gasteiger partial charge on any atom is -0.373 e. The molecule has 0 N–H and O–H groups in total. The topological polar surface area (TPSA) is 96.2 Å². The molecule has 2 atom stereocenters. The van der Waals surface area contributed by atoms with Gasteiger partial charge in [-0.25, -0.2) is 0 Å². The summed E-state index contributed by atoms with van der Waals surface area (Å²) in [5, 5.41) is 5.82. The van der Waals surface area contributed by atoms with Crippen molar-refractivity contribution in [2.45, 2.75) is 26.1 Å². The van der Waals surface area contributed by atoms with E-state index in [1.165, 1.54) is 19.9 Å². The van der Waals surface area contributed by atoms with E-state index in [0.717, 1.165) is 4.88 Å². The Morgan fingerprint density at radius 3 is 2.45 bits per heavy atom. The molecule has 11 heteroatoms. The fourth-order valence-corrected chi connectivity index (χ4v) is 6.10. The highest BCUT2D eigenvalue weighted by Crippen LogP contribution is 2.26. The van der Waals surface area contributed by atoms with Gasteiger partial charge in [0.15, 0.2) is 11.5 Å². The van der Waals surface area contributed by atoms with Crippen molar-refractivity contribution in [3.63, 3.8) is 0 Å². The van der Waals surface area contributed by atoms with E-state index in [2.05, 4.69) is 5.16 Å². The Morgan fingerprint density at radius 1 is 1.14 bits per heavy atom. The number of thiophene rings is 1.